The van der Waals surface area contributed by atoms with Crippen LogP contribution in [0.2, 0.25) is 0 Å². The van der Waals surface area contributed by atoms with Gasteiger partial charge in [0.15, 0.2) is 11.6 Å². The monoisotopic (exact) mass is 717 g/mol. The molecule has 52 heavy (non-hydrogen) atoms. The molecule has 1 saturated heterocycles. The molecule has 280 valence electrons. The van der Waals surface area contributed by atoms with Crippen LogP contribution in [0.25, 0.3) is 0 Å². The number of ether oxygens (including phenoxy) is 1. The van der Waals surface area contributed by atoms with Crippen molar-refractivity contribution in [2.75, 3.05) is 20.1 Å². The van der Waals surface area contributed by atoms with Crippen molar-refractivity contribution in [3.05, 3.63) is 77.4 Å². The molecule has 12 nitrogen and oxygen atoms in total. The van der Waals surface area contributed by atoms with Crippen LogP contribution >= 0.6 is 0 Å². The Morgan fingerprint density at radius 1 is 0.904 bits per heavy atom. The van der Waals surface area contributed by atoms with Gasteiger partial charge in [-0.05, 0) is 55.7 Å². The zero-order valence-corrected chi connectivity index (χ0v) is 30.6. The van der Waals surface area contributed by atoms with Gasteiger partial charge in [-0.1, -0.05) is 81.1 Å². The van der Waals surface area contributed by atoms with Gasteiger partial charge in [-0.3, -0.25) is 23.9 Å². The van der Waals surface area contributed by atoms with Gasteiger partial charge in [0.05, 0.1) is 11.8 Å². The number of hydrogen-bond donors (Lipinski definition) is 2. The minimum atomic E-state index is -0.982. The molecule has 3 heterocycles. The standard InChI is InChI=1S/C39H52FN7O5/c1-27(2)23-32-38(50)47-22-14-19-33(47)39(51)45(3)34(24-28-15-9-8-10-16-28)37(49)41-20-11-6-4-5-7-12-21-46-25-29(43-44-46)26-52-35-30(36(48)42-32)17-13-18-31(35)40/h8-10,13,15-18,25,27,32-34H,4-7,11-12,14,19-24,26H2,1-3H3,(H,41,49)(H,42,48)/t32-,33-,34+/m1/s1. The number of halogens is 1. The number of amides is 4. The Kier molecular flexibility index (Phi) is 13.8. The normalized spacial score (nSPS) is 22.0. The summed E-state index contributed by atoms with van der Waals surface area (Å²) in [5.41, 5.74) is 1.36. The van der Waals surface area contributed by atoms with Gasteiger partial charge in [-0.15, -0.1) is 5.10 Å². The Hall–Kier alpha value is -4.81. The van der Waals surface area contributed by atoms with Gasteiger partial charge in [0.1, 0.15) is 30.4 Å². The second kappa shape index (κ2) is 18.6. The van der Waals surface area contributed by atoms with Gasteiger partial charge < -0.3 is 25.2 Å². The van der Waals surface area contributed by atoms with E-state index in [4.69, 9.17) is 4.74 Å². The molecule has 2 aromatic carbocycles. The van der Waals surface area contributed by atoms with Crippen molar-refractivity contribution < 1.29 is 28.3 Å². The highest BCUT2D eigenvalue weighted by molar-refractivity contribution is 6.00. The molecule has 2 bridgehead atoms. The highest BCUT2D eigenvalue weighted by Gasteiger charge is 2.41. The first-order valence-corrected chi connectivity index (χ1v) is 18.6. The van der Waals surface area contributed by atoms with Crippen LogP contribution in [0.1, 0.15) is 93.3 Å². The minimum absolute atomic E-state index is 0.0128. The molecule has 2 N–H and O–H groups in total. The van der Waals surface area contributed by atoms with E-state index in [9.17, 15) is 19.2 Å². The highest BCUT2D eigenvalue weighted by Crippen LogP contribution is 2.26. The molecule has 0 radical (unpaired) electrons. The van der Waals surface area contributed by atoms with Gasteiger partial charge in [0.2, 0.25) is 17.7 Å². The highest BCUT2D eigenvalue weighted by atomic mass is 19.1. The van der Waals surface area contributed by atoms with E-state index in [1.807, 2.05) is 44.2 Å². The number of nitrogens with zero attached hydrogens (tertiary/aromatic N) is 5. The second-order valence-corrected chi connectivity index (χ2v) is 14.3. The minimum Gasteiger partial charge on any atom is -0.483 e. The summed E-state index contributed by atoms with van der Waals surface area (Å²) in [5, 5.41) is 14.2. The fraction of sp³-hybridized carbons (Fsp3) is 0.538. The molecule has 2 aliphatic heterocycles. The first-order valence-electron chi connectivity index (χ1n) is 18.6. The Labute approximate surface area is 305 Å². The number of nitrogens with one attached hydrogen (secondary N) is 2. The van der Waals surface area contributed by atoms with Crippen LogP contribution in [0.4, 0.5) is 4.39 Å². The number of fused-ring (bicyclic) bond motifs is 4. The number of carbonyl (C=O) groups is 4. The molecule has 1 aromatic heterocycles. The van der Waals surface area contributed by atoms with E-state index in [1.165, 1.54) is 28.0 Å². The SMILES string of the molecule is CC(C)C[C@H]1NC(=O)c2cccc(F)c2OCc2cn(nn2)CCCCCCCCNC(=O)[C@H](Cc2ccccc2)N(C)C(=O)[C@H]2CCCN2C1=O. The van der Waals surface area contributed by atoms with Crippen LogP contribution in [0.3, 0.4) is 0 Å². The summed E-state index contributed by atoms with van der Waals surface area (Å²) >= 11 is 0. The summed E-state index contributed by atoms with van der Waals surface area (Å²) in [5.74, 6) is -2.57. The summed E-state index contributed by atoms with van der Waals surface area (Å²) in [6.07, 6.45) is 9.19. The predicted octanol–water partition coefficient (Wildman–Crippen LogP) is 4.67. The summed E-state index contributed by atoms with van der Waals surface area (Å²) in [6, 6.07) is 11.1. The lowest BCUT2D eigenvalue weighted by Gasteiger charge is -2.34. The maximum atomic E-state index is 15.2. The topological polar surface area (TPSA) is 139 Å². The maximum absolute atomic E-state index is 15.2. The molecule has 13 heteroatoms. The Morgan fingerprint density at radius 3 is 2.42 bits per heavy atom. The third-order valence-electron chi connectivity index (χ3n) is 9.80. The van der Waals surface area contributed by atoms with Gasteiger partial charge >= 0.3 is 0 Å². The number of hydrogen-bond acceptors (Lipinski definition) is 7. The molecule has 0 aliphatic carbocycles. The van der Waals surface area contributed by atoms with E-state index in [1.54, 1.807) is 17.9 Å². The van der Waals surface area contributed by atoms with Crippen molar-refractivity contribution in [2.24, 2.45) is 5.92 Å². The lowest BCUT2D eigenvalue weighted by Crippen LogP contribution is -2.57. The molecule has 3 aromatic rings. The third-order valence-corrected chi connectivity index (χ3v) is 9.80. The van der Waals surface area contributed by atoms with Crippen LogP contribution in [-0.2, 0) is 34.0 Å². The predicted molar refractivity (Wildman–Crippen MR) is 194 cm³/mol. The van der Waals surface area contributed by atoms with Gasteiger partial charge in [0, 0.05) is 33.1 Å². The average Bonchev–Trinajstić information content (AvgIpc) is 3.81. The quantitative estimate of drug-likeness (QED) is 0.400. The van der Waals surface area contributed by atoms with Crippen molar-refractivity contribution in [2.45, 2.75) is 109 Å². The molecule has 3 atom stereocenters. The molecule has 4 amide bonds. The van der Waals surface area contributed by atoms with Gasteiger partial charge in [-0.2, -0.15) is 0 Å². The molecule has 5 rings (SSSR count). The molecule has 1 fully saturated rings. The van der Waals surface area contributed by atoms with Crippen molar-refractivity contribution >= 4 is 23.6 Å². The lowest BCUT2D eigenvalue weighted by molar-refractivity contribution is -0.147. The fourth-order valence-corrected chi connectivity index (χ4v) is 6.98. The first-order chi connectivity index (χ1) is 25.1. The van der Waals surface area contributed by atoms with Crippen LogP contribution in [0.5, 0.6) is 5.75 Å². The van der Waals surface area contributed by atoms with E-state index >= 15 is 4.39 Å². The van der Waals surface area contributed by atoms with Crippen LogP contribution in [-0.4, -0.2) is 86.7 Å². The van der Waals surface area contributed by atoms with E-state index in [0.717, 1.165) is 44.1 Å². The van der Waals surface area contributed by atoms with Crippen molar-refractivity contribution in [3.8, 4) is 5.75 Å². The zero-order valence-electron chi connectivity index (χ0n) is 30.6. The van der Waals surface area contributed by atoms with Crippen LogP contribution in [0, 0.1) is 11.7 Å². The number of benzene rings is 2. The van der Waals surface area contributed by atoms with Crippen LogP contribution < -0.4 is 15.4 Å². The summed E-state index contributed by atoms with van der Waals surface area (Å²) in [4.78, 5) is 58.9. The largest absolute Gasteiger partial charge is 0.483 e. The van der Waals surface area contributed by atoms with E-state index in [0.29, 0.717) is 51.0 Å². The number of aryl methyl sites for hydroxylation is 1. The van der Waals surface area contributed by atoms with E-state index in [-0.39, 0.29) is 35.7 Å². The van der Waals surface area contributed by atoms with Crippen molar-refractivity contribution in [3.63, 3.8) is 0 Å². The molecule has 0 spiro atoms. The average molecular weight is 718 g/mol. The van der Waals surface area contributed by atoms with Gasteiger partial charge in [-0.25, -0.2) is 4.39 Å². The number of rotatable bonds is 4. The number of para-hydroxylation sites is 1. The van der Waals surface area contributed by atoms with Crippen molar-refractivity contribution in [1.29, 1.82) is 0 Å². The molecule has 0 unspecified atom stereocenters. The van der Waals surface area contributed by atoms with Crippen molar-refractivity contribution in [1.82, 2.24) is 35.4 Å². The number of carbonyl (C=O) groups excluding carboxylic acids is 4. The smallest absolute Gasteiger partial charge is 0.255 e. The molecule has 0 saturated carbocycles. The second-order valence-electron chi connectivity index (χ2n) is 14.3. The Bertz CT molecular complexity index is 1670. The zero-order chi connectivity index (χ0) is 37.0. The molecule has 2 aliphatic rings. The lowest BCUT2D eigenvalue weighted by atomic mass is 10.0. The summed E-state index contributed by atoms with van der Waals surface area (Å²) < 4.78 is 22.7. The Balaban J connectivity index is 1.41. The third kappa shape index (κ3) is 10.2. The number of likely N-dealkylation sites (N-methyl/N-ethyl adjacent to an activating group) is 1. The van der Waals surface area contributed by atoms with E-state index < -0.39 is 35.8 Å². The Morgan fingerprint density at radius 2 is 1.65 bits per heavy atom. The summed E-state index contributed by atoms with van der Waals surface area (Å²) in [6.45, 7) is 5.29. The van der Waals surface area contributed by atoms with Gasteiger partial charge in [0.25, 0.3) is 5.91 Å². The fourth-order valence-electron chi connectivity index (χ4n) is 6.98. The molecular formula is C39H52FN7O5. The van der Waals surface area contributed by atoms with E-state index in [2.05, 4.69) is 20.9 Å². The maximum Gasteiger partial charge on any atom is 0.255 e. The summed E-state index contributed by atoms with van der Waals surface area (Å²) in [7, 11) is 1.63. The van der Waals surface area contributed by atoms with Crippen LogP contribution in [0.15, 0.2) is 54.7 Å². The molecular weight excluding hydrogens is 665 g/mol. The number of aromatic nitrogens is 3. The first kappa shape index (κ1) is 38.4.